The Labute approximate surface area is 151 Å². The molecule has 0 radical (unpaired) electrons. The number of hydrogen-bond donors (Lipinski definition) is 2. The quantitative estimate of drug-likeness (QED) is 0.449. The second-order valence-electron chi connectivity index (χ2n) is 6.43. The van der Waals surface area contributed by atoms with Gasteiger partial charge in [0, 0.05) is 31.0 Å². The third-order valence-corrected chi connectivity index (χ3v) is 4.45. The van der Waals surface area contributed by atoms with Crippen LogP contribution in [0.1, 0.15) is 29.7 Å². The monoisotopic (exact) mass is 356 g/mol. The Balaban J connectivity index is 1.46. The SMILES string of the molecule is O=C(/C=C/c1ccc([N+](=O)[O-])o1)NCc1ccc(C[NH+]2CCCC2)cc1. The van der Waals surface area contributed by atoms with Gasteiger partial charge in [-0.2, -0.15) is 0 Å². The maximum absolute atomic E-state index is 11.9. The molecule has 0 saturated carbocycles. The van der Waals surface area contributed by atoms with Crippen molar-refractivity contribution >= 4 is 17.9 Å². The zero-order valence-corrected chi connectivity index (χ0v) is 14.4. The van der Waals surface area contributed by atoms with Gasteiger partial charge in [-0.25, -0.2) is 0 Å². The molecule has 1 aliphatic rings. The van der Waals surface area contributed by atoms with E-state index in [2.05, 4.69) is 17.4 Å². The Morgan fingerprint density at radius 2 is 1.85 bits per heavy atom. The van der Waals surface area contributed by atoms with Gasteiger partial charge in [-0.1, -0.05) is 24.3 Å². The van der Waals surface area contributed by atoms with E-state index in [-0.39, 0.29) is 17.6 Å². The van der Waals surface area contributed by atoms with Gasteiger partial charge in [0.2, 0.25) is 5.91 Å². The molecule has 1 aromatic heterocycles. The molecule has 1 saturated heterocycles. The van der Waals surface area contributed by atoms with Crippen LogP contribution in [-0.4, -0.2) is 23.9 Å². The maximum Gasteiger partial charge on any atom is 0.433 e. The fourth-order valence-corrected chi connectivity index (χ4v) is 3.05. The van der Waals surface area contributed by atoms with Crippen molar-refractivity contribution in [3.8, 4) is 0 Å². The summed E-state index contributed by atoms with van der Waals surface area (Å²) in [5, 5.41) is 13.3. The molecule has 0 unspecified atom stereocenters. The number of nitro groups is 1. The summed E-state index contributed by atoms with van der Waals surface area (Å²) in [4.78, 5) is 23.4. The summed E-state index contributed by atoms with van der Waals surface area (Å²) in [6, 6.07) is 11.0. The van der Waals surface area contributed by atoms with Crippen LogP contribution in [0.15, 0.2) is 46.9 Å². The molecule has 1 amide bonds. The summed E-state index contributed by atoms with van der Waals surface area (Å²) < 4.78 is 4.96. The number of furan rings is 1. The number of carbonyl (C=O) groups excluding carboxylic acids is 1. The highest BCUT2D eigenvalue weighted by Gasteiger charge is 2.15. The fraction of sp³-hybridized carbons (Fsp3) is 0.316. The molecular weight excluding hydrogens is 334 g/mol. The third kappa shape index (κ3) is 5.03. The number of nitrogens with zero attached hydrogens (tertiary/aromatic N) is 1. The van der Waals surface area contributed by atoms with Crippen LogP contribution >= 0.6 is 0 Å². The Morgan fingerprint density at radius 3 is 2.50 bits per heavy atom. The summed E-state index contributed by atoms with van der Waals surface area (Å²) in [6.45, 7) is 3.99. The first kappa shape index (κ1) is 17.9. The molecule has 2 heterocycles. The van der Waals surface area contributed by atoms with E-state index in [1.54, 1.807) is 4.90 Å². The summed E-state index contributed by atoms with van der Waals surface area (Å²) in [6.07, 6.45) is 5.34. The van der Waals surface area contributed by atoms with Crippen molar-refractivity contribution in [3.63, 3.8) is 0 Å². The standard InChI is InChI=1S/C19H21N3O4/c23-18(9-7-17-8-10-19(26-17)22(24)25)20-13-15-3-5-16(6-4-15)14-21-11-1-2-12-21/h3-10H,1-2,11-14H2,(H,20,23)/p+1/b9-7+. The van der Waals surface area contributed by atoms with Crippen molar-refractivity contribution in [2.75, 3.05) is 13.1 Å². The molecule has 0 aliphatic carbocycles. The topological polar surface area (TPSA) is 89.8 Å². The Bertz CT molecular complexity index is 789. The summed E-state index contributed by atoms with van der Waals surface area (Å²) in [7, 11) is 0. The number of hydrogen-bond acceptors (Lipinski definition) is 4. The first-order valence-electron chi connectivity index (χ1n) is 8.72. The van der Waals surface area contributed by atoms with Crippen LogP contribution in [0.2, 0.25) is 0 Å². The first-order valence-corrected chi connectivity index (χ1v) is 8.72. The predicted octanol–water partition coefficient (Wildman–Crippen LogP) is 1.70. The summed E-state index contributed by atoms with van der Waals surface area (Å²) in [5.74, 6) is -0.365. The molecule has 7 nitrogen and oxygen atoms in total. The van der Waals surface area contributed by atoms with Gasteiger partial charge in [0.1, 0.15) is 17.2 Å². The first-order chi connectivity index (χ1) is 12.6. The molecule has 1 aliphatic heterocycles. The lowest BCUT2D eigenvalue weighted by atomic mass is 10.1. The Kier molecular flexibility index (Phi) is 5.80. The van der Waals surface area contributed by atoms with E-state index in [0.717, 1.165) is 12.1 Å². The van der Waals surface area contributed by atoms with Crippen LogP contribution < -0.4 is 10.2 Å². The highest BCUT2D eigenvalue weighted by Crippen LogP contribution is 2.16. The number of amides is 1. The van der Waals surface area contributed by atoms with Crippen LogP contribution in [0.25, 0.3) is 6.08 Å². The minimum Gasteiger partial charge on any atom is -0.401 e. The normalized spacial score (nSPS) is 14.8. The van der Waals surface area contributed by atoms with Gasteiger partial charge in [-0.3, -0.25) is 14.9 Å². The van der Waals surface area contributed by atoms with Crippen LogP contribution in [0.5, 0.6) is 0 Å². The summed E-state index contributed by atoms with van der Waals surface area (Å²) in [5.41, 5.74) is 2.34. The predicted molar refractivity (Wildman–Crippen MR) is 96.3 cm³/mol. The van der Waals surface area contributed by atoms with E-state index >= 15 is 0 Å². The highest BCUT2D eigenvalue weighted by atomic mass is 16.6. The lowest BCUT2D eigenvalue weighted by Gasteiger charge is -2.12. The van der Waals surface area contributed by atoms with E-state index in [1.807, 2.05) is 12.1 Å². The Hall–Kier alpha value is -2.93. The number of rotatable bonds is 7. The molecule has 0 spiro atoms. The zero-order valence-electron chi connectivity index (χ0n) is 14.4. The minimum atomic E-state index is -0.619. The molecule has 1 aromatic carbocycles. The van der Waals surface area contributed by atoms with E-state index in [1.165, 1.54) is 55.8 Å². The van der Waals surface area contributed by atoms with Crippen molar-refractivity contribution in [1.29, 1.82) is 0 Å². The Morgan fingerprint density at radius 1 is 1.15 bits per heavy atom. The largest absolute Gasteiger partial charge is 0.433 e. The molecule has 0 bridgehead atoms. The van der Waals surface area contributed by atoms with Gasteiger partial charge in [-0.15, -0.1) is 0 Å². The second kappa shape index (κ2) is 8.44. The van der Waals surface area contributed by atoms with E-state index < -0.39 is 4.92 Å². The molecule has 2 N–H and O–H groups in total. The molecular formula is C19H22N3O4+. The van der Waals surface area contributed by atoms with Gasteiger partial charge in [-0.05, 0) is 17.7 Å². The van der Waals surface area contributed by atoms with Crippen molar-refractivity contribution in [3.05, 3.63) is 69.5 Å². The molecule has 0 atom stereocenters. The molecule has 1 fully saturated rings. The molecule has 26 heavy (non-hydrogen) atoms. The van der Waals surface area contributed by atoms with E-state index in [0.29, 0.717) is 6.54 Å². The summed E-state index contributed by atoms with van der Waals surface area (Å²) >= 11 is 0. The second-order valence-corrected chi connectivity index (χ2v) is 6.43. The highest BCUT2D eigenvalue weighted by molar-refractivity contribution is 5.91. The number of benzene rings is 1. The minimum absolute atomic E-state index is 0.264. The molecule has 3 rings (SSSR count). The molecule has 2 aromatic rings. The van der Waals surface area contributed by atoms with Gasteiger partial charge in [0.15, 0.2) is 0 Å². The zero-order chi connectivity index (χ0) is 18.4. The molecule has 7 heteroatoms. The fourth-order valence-electron chi connectivity index (χ4n) is 3.05. The van der Waals surface area contributed by atoms with Gasteiger partial charge in [0.05, 0.1) is 19.2 Å². The third-order valence-electron chi connectivity index (χ3n) is 4.45. The lowest BCUT2D eigenvalue weighted by molar-refractivity contribution is -0.901. The maximum atomic E-state index is 11.9. The van der Waals surface area contributed by atoms with E-state index in [9.17, 15) is 14.9 Å². The van der Waals surface area contributed by atoms with Crippen LogP contribution in [0.3, 0.4) is 0 Å². The number of nitrogens with one attached hydrogen (secondary N) is 2. The van der Waals surface area contributed by atoms with Crippen molar-refractivity contribution in [1.82, 2.24) is 5.32 Å². The van der Waals surface area contributed by atoms with Crippen molar-refractivity contribution in [2.45, 2.75) is 25.9 Å². The number of likely N-dealkylation sites (tertiary alicyclic amines) is 1. The van der Waals surface area contributed by atoms with Crippen LogP contribution in [-0.2, 0) is 17.9 Å². The van der Waals surface area contributed by atoms with Gasteiger partial charge in [0.25, 0.3) is 0 Å². The number of carbonyl (C=O) groups is 1. The van der Waals surface area contributed by atoms with Gasteiger partial charge < -0.3 is 14.6 Å². The van der Waals surface area contributed by atoms with Crippen molar-refractivity contribution in [2.24, 2.45) is 0 Å². The van der Waals surface area contributed by atoms with Crippen LogP contribution in [0.4, 0.5) is 5.88 Å². The average Bonchev–Trinajstić information content (AvgIpc) is 3.31. The smallest absolute Gasteiger partial charge is 0.401 e. The van der Waals surface area contributed by atoms with Crippen molar-refractivity contribution < 1.29 is 19.0 Å². The van der Waals surface area contributed by atoms with E-state index in [4.69, 9.17) is 4.42 Å². The lowest BCUT2D eigenvalue weighted by Crippen LogP contribution is -3.08. The van der Waals surface area contributed by atoms with Gasteiger partial charge >= 0.3 is 5.88 Å². The molecule has 136 valence electrons. The van der Waals surface area contributed by atoms with Crippen LogP contribution in [0, 0.1) is 10.1 Å². The average molecular weight is 356 g/mol. The number of quaternary nitrogens is 1.